The summed E-state index contributed by atoms with van der Waals surface area (Å²) in [6.07, 6.45) is 2.17. The zero-order valence-corrected chi connectivity index (χ0v) is 11.9. The monoisotopic (exact) mass is 265 g/mol. The van der Waals surface area contributed by atoms with Gasteiger partial charge in [0.05, 0.1) is 5.69 Å². The van der Waals surface area contributed by atoms with E-state index in [0.29, 0.717) is 18.3 Å². The number of rotatable bonds is 4. The molecule has 4 heteroatoms. The van der Waals surface area contributed by atoms with Crippen LogP contribution in [0.1, 0.15) is 25.3 Å². The molecule has 0 radical (unpaired) electrons. The fraction of sp³-hybridized carbons (Fsp3) is 0.600. The van der Waals surface area contributed by atoms with E-state index in [9.17, 15) is 4.39 Å². The van der Waals surface area contributed by atoms with Crippen LogP contribution in [0.5, 0.6) is 0 Å². The van der Waals surface area contributed by atoms with Gasteiger partial charge in [-0.1, -0.05) is 19.1 Å². The normalized spacial score (nSPS) is 17.7. The molecule has 19 heavy (non-hydrogen) atoms. The van der Waals surface area contributed by atoms with E-state index in [4.69, 9.17) is 5.73 Å². The quantitative estimate of drug-likeness (QED) is 0.906. The summed E-state index contributed by atoms with van der Waals surface area (Å²) < 4.78 is 14.1. The number of likely N-dealkylation sites (tertiary alicyclic amines) is 1. The maximum Gasteiger partial charge on any atom is 0.146 e. The molecule has 0 aliphatic carbocycles. The summed E-state index contributed by atoms with van der Waals surface area (Å²) in [6.45, 7) is 5.86. The first-order valence-electron chi connectivity index (χ1n) is 7.10. The fourth-order valence-corrected chi connectivity index (χ4v) is 2.93. The van der Waals surface area contributed by atoms with Crippen molar-refractivity contribution in [2.75, 3.05) is 31.6 Å². The Morgan fingerprint density at radius 1 is 1.37 bits per heavy atom. The fourth-order valence-electron chi connectivity index (χ4n) is 2.93. The smallest absolute Gasteiger partial charge is 0.146 e. The summed E-state index contributed by atoms with van der Waals surface area (Å²) in [4.78, 5) is 4.53. The Morgan fingerprint density at radius 3 is 2.63 bits per heavy atom. The van der Waals surface area contributed by atoms with Crippen molar-refractivity contribution in [2.24, 2.45) is 5.73 Å². The maximum absolute atomic E-state index is 14.1. The van der Waals surface area contributed by atoms with Gasteiger partial charge in [-0.3, -0.25) is 0 Å². The third-order valence-corrected chi connectivity index (χ3v) is 4.20. The highest BCUT2D eigenvalue weighted by molar-refractivity contribution is 5.55. The zero-order chi connectivity index (χ0) is 13.8. The number of halogens is 1. The highest BCUT2D eigenvalue weighted by atomic mass is 19.1. The average molecular weight is 265 g/mol. The van der Waals surface area contributed by atoms with E-state index in [1.165, 1.54) is 6.07 Å². The van der Waals surface area contributed by atoms with E-state index >= 15 is 0 Å². The molecule has 2 rings (SSSR count). The van der Waals surface area contributed by atoms with E-state index in [2.05, 4.69) is 16.7 Å². The van der Waals surface area contributed by atoms with Crippen LogP contribution in [-0.2, 0) is 6.54 Å². The third kappa shape index (κ3) is 3.07. The van der Waals surface area contributed by atoms with Crippen LogP contribution in [0.3, 0.4) is 0 Å². The van der Waals surface area contributed by atoms with Crippen molar-refractivity contribution in [3.63, 3.8) is 0 Å². The van der Waals surface area contributed by atoms with Crippen LogP contribution in [-0.4, -0.2) is 37.6 Å². The molecule has 2 N–H and O–H groups in total. The van der Waals surface area contributed by atoms with E-state index < -0.39 is 0 Å². The Kier molecular flexibility index (Phi) is 4.77. The van der Waals surface area contributed by atoms with Gasteiger partial charge in [0.1, 0.15) is 5.82 Å². The molecule has 0 atom stereocenters. The van der Waals surface area contributed by atoms with Crippen LogP contribution in [0.15, 0.2) is 18.2 Å². The summed E-state index contributed by atoms with van der Waals surface area (Å²) in [5, 5.41) is 0. The molecule has 0 bridgehead atoms. The Labute approximate surface area is 115 Å². The summed E-state index contributed by atoms with van der Waals surface area (Å²) in [7, 11) is 1.99. The molecule has 1 heterocycles. The van der Waals surface area contributed by atoms with E-state index in [1.807, 2.05) is 13.1 Å². The lowest BCUT2D eigenvalue weighted by Gasteiger charge is -2.38. The van der Waals surface area contributed by atoms with Crippen molar-refractivity contribution >= 4 is 5.69 Å². The number of para-hydroxylation sites is 1. The predicted molar refractivity (Wildman–Crippen MR) is 77.8 cm³/mol. The molecule has 0 aromatic heterocycles. The molecule has 1 aliphatic rings. The maximum atomic E-state index is 14.1. The number of hydrogen-bond acceptors (Lipinski definition) is 3. The van der Waals surface area contributed by atoms with Gasteiger partial charge in [-0.15, -0.1) is 0 Å². The lowest BCUT2D eigenvalue weighted by Crippen LogP contribution is -2.43. The van der Waals surface area contributed by atoms with Gasteiger partial charge in [-0.05, 0) is 31.0 Å². The highest BCUT2D eigenvalue weighted by Gasteiger charge is 2.24. The molecule has 1 fully saturated rings. The number of nitrogens with zero attached hydrogens (tertiary/aromatic N) is 2. The molecule has 0 amide bonds. The van der Waals surface area contributed by atoms with Gasteiger partial charge >= 0.3 is 0 Å². The second kappa shape index (κ2) is 6.35. The summed E-state index contributed by atoms with van der Waals surface area (Å²) in [6, 6.07) is 5.57. The number of piperidine rings is 1. The zero-order valence-electron chi connectivity index (χ0n) is 11.9. The summed E-state index contributed by atoms with van der Waals surface area (Å²) in [5.74, 6) is -0.164. The van der Waals surface area contributed by atoms with Gasteiger partial charge < -0.3 is 15.5 Å². The Morgan fingerprint density at radius 2 is 2.05 bits per heavy atom. The van der Waals surface area contributed by atoms with Crippen molar-refractivity contribution in [3.05, 3.63) is 29.6 Å². The van der Waals surface area contributed by atoms with Crippen LogP contribution in [0.4, 0.5) is 10.1 Å². The molecule has 0 saturated carbocycles. The van der Waals surface area contributed by atoms with Crippen molar-refractivity contribution in [3.8, 4) is 0 Å². The minimum Gasteiger partial charge on any atom is -0.369 e. The lowest BCUT2D eigenvalue weighted by molar-refractivity contribution is 0.220. The summed E-state index contributed by atoms with van der Waals surface area (Å²) >= 11 is 0. The minimum absolute atomic E-state index is 0.164. The Balaban J connectivity index is 2.14. The SMILES string of the molecule is CCN1CCC(N(C)c2c(F)cccc2CN)CC1. The van der Waals surface area contributed by atoms with Crippen LogP contribution in [0.25, 0.3) is 0 Å². The molecule has 1 aromatic carbocycles. The molecule has 106 valence electrons. The number of benzene rings is 1. The summed E-state index contributed by atoms with van der Waals surface area (Å²) in [5.41, 5.74) is 7.30. The van der Waals surface area contributed by atoms with Crippen molar-refractivity contribution in [1.29, 1.82) is 0 Å². The first-order valence-corrected chi connectivity index (χ1v) is 7.10. The molecule has 1 saturated heterocycles. The number of hydrogen-bond donors (Lipinski definition) is 1. The molecule has 1 aliphatic heterocycles. The van der Waals surface area contributed by atoms with Gasteiger partial charge in [-0.2, -0.15) is 0 Å². The van der Waals surface area contributed by atoms with Crippen LogP contribution in [0, 0.1) is 5.82 Å². The van der Waals surface area contributed by atoms with Crippen molar-refractivity contribution in [1.82, 2.24) is 4.90 Å². The largest absolute Gasteiger partial charge is 0.369 e. The van der Waals surface area contributed by atoms with Crippen molar-refractivity contribution < 1.29 is 4.39 Å². The van der Waals surface area contributed by atoms with Crippen LogP contribution >= 0.6 is 0 Å². The second-order valence-electron chi connectivity index (χ2n) is 5.23. The molecular formula is C15H24FN3. The van der Waals surface area contributed by atoms with Gasteiger partial charge in [-0.25, -0.2) is 4.39 Å². The third-order valence-electron chi connectivity index (χ3n) is 4.20. The molecule has 3 nitrogen and oxygen atoms in total. The minimum atomic E-state index is -0.164. The van der Waals surface area contributed by atoms with Gasteiger partial charge in [0, 0.05) is 32.7 Å². The van der Waals surface area contributed by atoms with Gasteiger partial charge in [0.15, 0.2) is 0 Å². The topological polar surface area (TPSA) is 32.5 Å². The first kappa shape index (κ1) is 14.3. The van der Waals surface area contributed by atoms with Gasteiger partial charge in [0.2, 0.25) is 0 Å². The second-order valence-corrected chi connectivity index (χ2v) is 5.23. The molecule has 0 unspecified atom stereocenters. The van der Waals surface area contributed by atoms with E-state index in [-0.39, 0.29) is 5.82 Å². The number of anilines is 1. The molecular weight excluding hydrogens is 241 g/mol. The standard InChI is InChI=1S/C15H24FN3/c1-3-19-9-7-13(8-10-19)18(2)15-12(11-17)5-4-6-14(15)16/h4-6,13H,3,7-11,17H2,1-2H3. The van der Waals surface area contributed by atoms with Crippen LogP contribution < -0.4 is 10.6 Å². The van der Waals surface area contributed by atoms with E-state index in [1.54, 1.807) is 6.07 Å². The average Bonchev–Trinajstić information content (AvgIpc) is 2.46. The molecule has 1 aromatic rings. The van der Waals surface area contributed by atoms with Crippen LogP contribution in [0.2, 0.25) is 0 Å². The number of nitrogens with two attached hydrogens (primary N) is 1. The lowest BCUT2D eigenvalue weighted by atomic mass is 10.0. The first-order chi connectivity index (χ1) is 9.17. The molecule has 0 spiro atoms. The Bertz CT molecular complexity index is 414. The van der Waals surface area contributed by atoms with Crippen molar-refractivity contribution in [2.45, 2.75) is 32.4 Å². The predicted octanol–water partition coefficient (Wildman–Crippen LogP) is 2.20. The Hall–Kier alpha value is -1.13. The highest BCUT2D eigenvalue weighted by Crippen LogP contribution is 2.28. The van der Waals surface area contributed by atoms with E-state index in [0.717, 1.165) is 38.0 Å². The van der Waals surface area contributed by atoms with Gasteiger partial charge in [0.25, 0.3) is 0 Å².